The molecule has 9 heteroatoms. The van der Waals surface area contributed by atoms with E-state index >= 15 is 0 Å². The van der Waals surface area contributed by atoms with E-state index in [1.165, 1.54) is 11.3 Å². The molecule has 1 aromatic heterocycles. The SMILES string of the molecule is C[C@H](N=C1NC(=O)[C@@](C)(C(F)(F)F)S1)c1ccc(Br)s1. The van der Waals surface area contributed by atoms with Gasteiger partial charge in [-0.15, -0.1) is 11.3 Å². The van der Waals surface area contributed by atoms with Crippen LogP contribution in [0.3, 0.4) is 0 Å². The highest BCUT2D eigenvalue weighted by Gasteiger charge is 2.61. The quantitative estimate of drug-likeness (QED) is 0.830. The number of alkyl halides is 3. The van der Waals surface area contributed by atoms with Gasteiger partial charge in [0.25, 0.3) is 5.91 Å². The first-order chi connectivity index (χ1) is 9.13. The lowest BCUT2D eigenvalue weighted by Crippen LogP contribution is -2.46. The van der Waals surface area contributed by atoms with Gasteiger partial charge in [-0.3, -0.25) is 9.79 Å². The van der Waals surface area contributed by atoms with E-state index in [0.717, 1.165) is 15.6 Å². The third-order valence-corrected chi connectivity index (χ3v) is 5.83. The minimum Gasteiger partial charge on any atom is -0.304 e. The Morgan fingerprint density at radius 1 is 1.45 bits per heavy atom. The largest absolute Gasteiger partial charge is 0.412 e. The molecule has 0 saturated carbocycles. The molecule has 1 N–H and O–H groups in total. The summed E-state index contributed by atoms with van der Waals surface area (Å²) in [7, 11) is 0. The molecule has 110 valence electrons. The molecule has 3 nitrogen and oxygen atoms in total. The Hall–Kier alpha value is -0.540. The second-order valence-electron chi connectivity index (χ2n) is 4.34. The van der Waals surface area contributed by atoms with Crippen molar-refractivity contribution in [1.82, 2.24) is 5.32 Å². The molecule has 0 bridgehead atoms. The van der Waals surface area contributed by atoms with E-state index < -0.39 is 16.8 Å². The lowest BCUT2D eigenvalue weighted by molar-refractivity contribution is -0.166. The third-order valence-electron chi connectivity index (χ3n) is 2.81. The Morgan fingerprint density at radius 3 is 2.55 bits per heavy atom. The van der Waals surface area contributed by atoms with Crippen molar-refractivity contribution in [1.29, 1.82) is 0 Å². The van der Waals surface area contributed by atoms with Gasteiger partial charge in [-0.05, 0) is 41.9 Å². The molecule has 2 heterocycles. The topological polar surface area (TPSA) is 41.5 Å². The number of halogens is 4. The molecule has 2 atom stereocenters. The van der Waals surface area contributed by atoms with Crippen molar-refractivity contribution < 1.29 is 18.0 Å². The van der Waals surface area contributed by atoms with Gasteiger partial charge in [0.15, 0.2) is 9.91 Å². The zero-order chi connectivity index (χ0) is 15.1. The normalized spacial score (nSPS) is 26.9. The summed E-state index contributed by atoms with van der Waals surface area (Å²) in [6.45, 7) is 2.63. The number of amidine groups is 1. The number of thiophene rings is 1. The van der Waals surface area contributed by atoms with E-state index in [2.05, 4.69) is 26.2 Å². The number of hydrogen-bond donors (Lipinski definition) is 1. The first kappa shape index (κ1) is 15.8. The van der Waals surface area contributed by atoms with Crippen LogP contribution in [-0.4, -0.2) is 22.0 Å². The number of nitrogens with zero attached hydrogens (tertiary/aromatic N) is 1. The molecule has 1 fully saturated rings. The van der Waals surface area contributed by atoms with Crippen molar-refractivity contribution in [3.8, 4) is 0 Å². The summed E-state index contributed by atoms with van der Waals surface area (Å²) in [6, 6.07) is 3.37. The predicted octanol–water partition coefficient (Wildman–Crippen LogP) is 4.11. The highest BCUT2D eigenvalue weighted by atomic mass is 79.9. The number of carbonyl (C=O) groups is 1. The van der Waals surface area contributed by atoms with Crippen molar-refractivity contribution in [2.24, 2.45) is 4.99 Å². The maximum Gasteiger partial charge on any atom is 0.412 e. The summed E-state index contributed by atoms with van der Waals surface area (Å²) >= 11 is 5.18. The molecular formula is C11H10BrF3N2OS2. The molecule has 0 aromatic carbocycles. The van der Waals surface area contributed by atoms with Crippen LogP contribution in [0.4, 0.5) is 13.2 Å². The molecule has 1 aliphatic heterocycles. The summed E-state index contributed by atoms with van der Waals surface area (Å²) in [5, 5.41) is 2.21. The van der Waals surface area contributed by atoms with Crippen molar-refractivity contribution in [3.63, 3.8) is 0 Å². The van der Waals surface area contributed by atoms with E-state index in [0.29, 0.717) is 11.8 Å². The smallest absolute Gasteiger partial charge is 0.304 e. The van der Waals surface area contributed by atoms with Gasteiger partial charge in [0.1, 0.15) is 0 Å². The second-order valence-corrected chi connectivity index (χ2v) is 8.24. The molecule has 1 amide bonds. The fourth-order valence-electron chi connectivity index (χ4n) is 1.52. The minimum atomic E-state index is -4.62. The Kier molecular flexibility index (Phi) is 4.23. The van der Waals surface area contributed by atoms with Gasteiger partial charge < -0.3 is 5.32 Å². The Balaban J connectivity index is 2.20. The minimum absolute atomic E-state index is 0.00634. The number of nitrogens with one attached hydrogen (secondary N) is 1. The average Bonchev–Trinajstić information content (AvgIpc) is 2.84. The van der Waals surface area contributed by atoms with E-state index in [-0.39, 0.29) is 11.2 Å². The van der Waals surface area contributed by atoms with Crippen LogP contribution in [0.5, 0.6) is 0 Å². The molecule has 1 saturated heterocycles. The van der Waals surface area contributed by atoms with E-state index in [4.69, 9.17) is 0 Å². The third kappa shape index (κ3) is 2.89. The molecule has 1 aliphatic rings. The number of amides is 1. The molecule has 0 radical (unpaired) electrons. The van der Waals surface area contributed by atoms with Crippen LogP contribution in [0.2, 0.25) is 0 Å². The van der Waals surface area contributed by atoms with Crippen molar-refractivity contribution in [2.75, 3.05) is 0 Å². The summed E-state index contributed by atoms with van der Waals surface area (Å²) < 4.78 is 37.1. The summed E-state index contributed by atoms with van der Waals surface area (Å²) in [5.74, 6) is -1.08. The highest BCUT2D eigenvalue weighted by Crippen LogP contribution is 2.45. The Labute approximate surface area is 130 Å². The zero-order valence-electron chi connectivity index (χ0n) is 10.4. The average molecular weight is 387 g/mol. The maximum atomic E-state index is 12.9. The number of carbonyl (C=O) groups excluding carboxylic acids is 1. The van der Waals surface area contributed by atoms with Gasteiger partial charge in [-0.25, -0.2) is 0 Å². The number of thioether (sulfide) groups is 1. The molecule has 1 aromatic rings. The number of hydrogen-bond acceptors (Lipinski definition) is 4. The Bertz CT molecular complexity index is 572. The van der Waals surface area contributed by atoms with Crippen LogP contribution < -0.4 is 5.32 Å². The Morgan fingerprint density at radius 2 is 2.10 bits per heavy atom. The fraction of sp³-hybridized carbons (Fsp3) is 0.455. The molecule has 0 unspecified atom stereocenters. The lowest BCUT2D eigenvalue weighted by atomic mass is 10.1. The second kappa shape index (κ2) is 5.34. The number of rotatable bonds is 2. The van der Waals surface area contributed by atoms with Crippen LogP contribution in [0, 0.1) is 0 Å². The summed E-state index contributed by atoms with van der Waals surface area (Å²) in [4.78, 5) is 16.6. The molecule has 20 heavy (non-hydrogen) atoms. The summed E-state index contributed by atoms with van der Waals surface area (Å²) in [6.07, 6.45) is -4.62. The van der Waals surface area contributed by atoms with Crippen LogP contribution in [0.15, 0.2) is 20.9 Å². The van der Waals surface area contributed by atoms with Crippen LogP contribution in [0.1, 0.15) is 24.8 Å². The summed E-state index contributed by atoms with van der Waals surface area (Å²) in [5.41, 5.74) is 0. The van der Waals surface area contributed by atoms with Crippen LogP contribution in [0.25, 0.3) is 0 Å². The molecule has 2 rings (SSSR count). The van der Waals surface area contributed by atoms with Gasteiger partial charge in [-0.2, -0.15) is 13.2 Å². The molecule has 0 spiro atoms. The first-order valence-electron chi connectivity index (χ1n) is 5.54. The maximum absolute atomic E-state index is 12.9. The monoisotopic (exact) mass is 386 g/mol. The van der Waals surface area contributed by atoms with Gasteiger partial charge in [0, 0.05) is 4.88 Å². The molecule has 0 aliphatic carbocycles. The van der Waals surface area contributed by atoms with Gasteiger partial charge in [0.05, 0.1) is 9.83 Å². The predicted molar refractivity (Wildman–Crippen MR) is 78.1 cm³/mol. The van der Waals surface area contributed by atoms with Crippen LogP contribution in [-0.2, 0) is 4.79 Å². The van der Waals surface area contributed by atoms with E-state index in [1.807, 2.05) is 12.1 Å². The van der Waals surface area contributed by atoms with Gasteiger partial charge >= 0.3 is 6.18 Å². The first-order valence-corrected chi connectivity index (χ1v) is 7.96. The van der Waals surface area contributed by atoms with Crippen molar-refractivity contribution in [2.45, 2.75) is 30.8 Å². The van der Waals surface area contributed by atoms with Crippen LogP contribution >= 0.6 is 39.0 Å². The zero-order valence-corrected chi connectivity index (χ0v) is 13.6. The van der Waals surface area contributed by atoms with Crippen molar-refractivity contribution in [3.05, 3.63) is 20.8 Å². The van der Waals surface area contributed by atoms with Gasteiger partial charge in [0.2, 0.25) is 0 Å². The number of aliphatic imine (C=N–C) groups is 1. The lowest BCUT2D eigenvalue weighted by Gasteiger charge is -2.21. The highest BCUT2D eigenvalue weighted by molar-refractivity contribution is 9.11. The standard InChI is InChI=1S/C11H10BrF3N2OS2/c1-5(6-3-4-7(12)19-6)16-9-17-8(18)10(2,20-9)11(13,14)15/h3-5H,1-2H3,(H,16,17,18)/t5-,10-/m0/s1. The van der Waals surface area contributed by atoms with E-state index in [9.17, 15) is 18.0 Å². The fourth-order valence-corrected chi connectivity index (χ4v) is 3.93. The van der Waals surface area contributed by atoms with Gasteiger partial charge in [-0.1, -0.05) is 11.8 Å². The van der Waals surface area contributed by atoms with Crippen molar-refractivity contribution >= 4 is 50.1 Å². The molecular weight excluding hydrogens is 377 g/mol. The van der Waals surface area contributed by atoms with E-state index in [1.54, 1.807) is 6.92 Å².